The van der Waals surface area contributed by atoms with Crippen molar-refractivity contribution in [2.24, 2.45) is 5.92 Å². The van der Waals surface area contributed by atoms with Crippen LogP contribution in [0.15, 0.2) is 109 Å². The average molecular weight is 509 g/mol. The highest BCUT2D eigenvalue weighted by molar-refractivity contribution is 6.24. The quantitative estimate of drug-likeness (QED) is 0.212. The van der Waals surface area contributed by atoms with Crippen molar-refractivity contribution in [2.75, 3.05) is 9.96 Å². The third-order valence-corrected chi connectivity index (χ3v) is 6.66. The van der Waals surface area contributed by atoms with E-state index in [-0.39, 0.29) is 5.69 Å². The molecule has 3 atom stereocenters. The molecule has 0 N–H and O–H groups in total. The summed E-state index contributed by atoms with van der Waals surface area (Å²) in [4.78, 5) is 46.4. The number of hydrogen-bond donors (Lipinski definition) is 0. The van der Waals surface area contributed by atoms with Gasteiger partial charge in [0.05, 0.1) is 23.0 Å². The van der Waals surface area contributed by atoms with E-state index in [9.17, 15) is 18.8 Å². The van der Waals surface area contributed by atoms with E-state index < -0.39 is 41.7 Å². The lowest BCUT2D eigenvalue weighted by atomic mass is 9.90. The Labute approximate surface area is 217 Å². The maximum atomic E-state index is 14.6. The van der Waals surface area contributed by atoms with Crippen LogP contribution in [0.2, 0.25) is 0 Å². The smallest absolute Gasteiger partial charge is 0.343 e. The Hall–Kier alpha value is -4.82. The minimum atomic E-state index is -1.12. The van der Waals surface area contributed by atoms with Crippen LogP contribution in [0.1, 0.15) is 22.0 Å². The van der Waals surface area contributed by atoms with Gasteiger partial charge >= 0.3 is 5.97 Å². The van der Waals surface area contributed by atoms with Gasteiger partial charge in [-0.15, -0.1) is 0 Å². The second-order valence-corrected chi connectivity index (χ2v) is 8.95. The van der Waals surface area contributed by atoms with Crippen LogP contribution in [-0.2, 0) is 14.4 Å². The van der Waals surface area contributed by atoms with Crippen LogP contribution in [0.25, 0.3) is 0 Å². The van der Waals surface area contributed by atoms with Crippen molar-refractivity contribution >= 4 is 29.2 Å². The Kier molecular flexibility index (Phi) is 5.94. The van der Waals surface area contributed by atoms with Crippen LogP contribution in [0.5, 0.6) is 5.75 Å². The molecule has 6 rings (SSSR count). The fraction of sp³-hybridized carbons (Fsp3) is 0.100. The van der Waals surface area contributed by atoms with E-state index in [0.29, 0.717) is 22.6 Å². The van der Waals surface area contributed by atoms with Crippen molar-refractivity contribution < 1.29 is 28.3 Å². The van der Waals surface area contributed by atoms with Crippen LogP contribution in [-0.4, -0.2) is 23.9 Å². The van der Waals surface area contributed by atoms with Crippen molar-refractivity contribution in [3.63, 3.8) is 0 Å². The molecule has 4 aromatic rings. The number of ether oxygens (including phenoxy) is 1. The van der Waals surface area contributed by atoms with Crippen LogP contribution in [0.4, 0.5) is 15.8 Å². The van der Waals surface area contributed by atoms with Crippen molar-refractivity contribution in [3.8, 4) is 5.75 Å². The summed E-state index contributed by atoms with van der Waals surface area (Å²) in [5, 5.41) is 1.55. The molecule has 4 aromatic carbocycles. The normalized spacial score (nSPS) is 20.5. The largest absolute Gasteiger partial charge is 0.423 e. The molecule has 2 fully saturated rings. The molecule has 38 heavy (non-hydrogen) atoms. The topological polar surface area (TPSA) is 76.2 Å². The molecule has 2 aliphatic heterocycles. The second-order valence-electron chi connectivity index (χ2n) is 8.95. The van der Waals surface area contributed by atoms with Crippen LogP contribution in [0, 0.1) is 11.7 Å². The van der Waals surface area contributed by atoms with E-state index in [1.165, 1.54) is 18.2 Å². The summed E-state index contributed by atoms with van der Waals surface area (Å²) in [6.07, 6.45) is -1.12. The standard InChI is InChI=1S/C30H21FN2O5/c31-23-13-7-8-14-24(23)32-28(34)25-26(33(38-27(25)29(32)35)21-11-5-2-6-12-21)19-15-17-22(18-16-19)37-30(36)20-9-3-1-4-10-20/h1-18,25-27H. The first-order valence-electron chi connectivity index (χ1n) is 12.0. The molecule has 3 unspecified atom stereocenters. The van der Waals surface area contributed by atoms with Gasteiger partial charge in [-0.25, -0.2) is 19.1 Å². The maximum Gasteiger partial charge on any atom is 0.343 e. The number of amides is 2. The van der Waals surface area contributed by atoms with Gasteiger partial charge in [-0.05, 0) is 54.1 Å². The third kappa shape index (κ3) is 4.01. The van der Waals surface area contributed by atoms with Crippen molar-refractivity contribution in [1.82, 2.24) is 0 Å². The molecule has 0 saturated carbocycles. The van der Waals surface area contributed by atoms with Crippen LogP contribution >= 0.6 is 0 Å². The van der Waals surface area contributed by atoms with E-state index in [1.807, 2.05) is 36.4 Å². The monoisotopic (exact) mass is 508 g/mol. The highest BCUT2D eigenvalue weighted by atomic mass is 19.1. The number of anilines is 2. The minimum absolute atomic E-state index is 0.103. The highest BCUT2D eigenvalue weighted by Gasteiger charge is 2.60. The van der Waals surface area contributed by atoms with Gasteiger partial charge in [-0.1, -0.05) is 60.7 Å². The molecule has 0 radical (unpaired) electrons. The number of benzene rings is 4. The molecule has 0 aromatic heterocycles. The third-order valence-electron chi connectivity index (χ3n) is 6.66. The zero-order valence-corrected chi connectivity index (χ0v) is 19.9. The Bertz CT molecular complexity index is 1510. The summed E-state index contributed by atoms with van der Waals surface area (Å²) in [5.74, 6) is -2.93. The molecule has 188 valence electrons. The summed E-state index contributed by atoms with van der Waals surface area (Å²) in [5.41, 5.74) is 1.64. The Balaban J connectivity index is 1.34. The van der Waals surface area contributed by atoms with E-state index >= 15 is 0 Å². The number of carbonyl (C=O) groups excluding carboxylic acids is 3. The lowest BCUT2D eigenvalue weighted by Gasteiger charge is -2.28. The predicted octanol–water partition coefficient (Wildman–Crippen LogP) is 5.10. The summed E-state index contributed by atoms with van der Waals surface area (Å²) in [7, 11) is 0. The number of rotatable bonds is 5. The SMILES string of the molecule is O=C(Oc1ccc(C2C3C(=O)N(c4ccccc4F)C(=O)C3ON2c2ccccc2)cc1)c1ccccc1. The number of para-hydroxylation sites is 2. The van der Waals surface area contributed by atoms with Gasteiger partial charge in [-0.3, -0.25) is 14.4 Å². The van der Waals surface area contributed by atoms with Crippen molar-refractivity contribution in [3.05, 3.63) is 126 Å². The van der Waals surface area contributed by atoms with Crippen molar-refractivity contribution in [2.45, 2.75) is 12.1 Å². The number of hydrogen-bond acceptors (Lipinski definition) is 6. The lowest BCUT2D eigenvalue weighted by Crippen LogP contribution is -2.37. The maximum absolute atomic E-state index is 14.6. The molecule has 2 saturated heterocycles. The summed E-state index contributed by atoms with van der Waals surface area (Å²) in [6, 6.07) is 29.4. The average Bonchev–Trinajstić information content (AvgIpc) is 3.46. The number of hydroxylamine groups is 1. The van der Waals surface area contributed by atoms with E-state index in [0.717, 1.165) is 4.90 Å². The first-order valence-corrected chi connectivity index (χ1v) is 12.0. The Morgan fingerprint density at radius 1 is 0.763 bits per heavy atom. The van der Waals surface area contributed by atoms with E-state index in [2.05, 4.69) is 0 Å². The Morgan fingerprint density at radius 2 is 1.39 bits per heavy atom. The van der Waals surface area contributed by atoms with Crippen molar-refractivity contribution in [1.29, 1.82) is 0 Å². The van der Waals surface area contributed by atoms with Gasteiger partial charge in [0, 0.05) is 0 Å². The molecule has 0 bridgehead atoms. The zero-order valence-electron chi connectivity index (χ0n) is 19.9. The molecular formula is C30H21FN2O5. The van der Waals surface area contributed by atoms with Gasteiger partial charge in [0.25, 0.3) is 5.91 Å². The number of carbonyl (C=O) groups is 3. The molecule has 8 heteroatoms. The van der Waals surface area contributed by atoms with Gasteiger partial charge < -0.3 is 4.74 Å². The van der Waals surface area contributed by atoms with E-state index in [4.69, 9.17) is 9.57 Å². The first-order chi connectivity index (χ1) is 18.5. The highest BCUT2D eigenvalue weighted by Crippen LogP contribution is 2.48. The van der Waals surface area contributed by atoms with Gasteiger partial charge in [0.1, 0.15) is 17.5 Å². The summed E-state index contributed by atoms with van der Waals surface area (Å²) in [6.45, 7) is 0. The number of fused-ring (bicyclic) bond motifs is 1. The fourth-order valence-electron chi connectivity index (χ4n) is 4.90. The Morgan fingerprint density at radius 3 is 2.08 bits per heavy atom. The van der Waals surface area contributed by atoms with Gasteiger partial charge in [0.2, 0.25) is 5.91 Å². The lowest BCUT2D eigenvalue weighted by molar-refractivity contribution is -0.126. The number of halogens is 1. The van der Waals surface area contributed by atoms with Crippen LogP contribution in [0.3, 0.4) is 0 Å². The number of esters is 1. The molecule has 7 nitrogen and oxygen atoms in total. The fourth-order valence-corrected chi connectivity index (χ4v) is 4.90. The number of imide groups is 1. The molecular weight excluding hydrogens is 487 g/mol. The van der Waals surface area contributed by atoms with Crippen LogP contribution < -0.4 is 14.7 Å². The molecule has 0 spiro atoms. The second kappa shape index (κ2) is 9.57. The molecule has 2 amide bonds. The zero-order chi connectivity index (χ0) is 26.2. The summed E-state index contributed by atoms with van der Waals surface area (Å²) >= 11 is 0. The van der Waals surface area contributed by atoms with Gasteiger partial charge in [0.15, 0.2) is 6.10 Å². The minimum Gasteiger partial charge on any atom is -0.423 e. The van der Waals surface area contributed by atoms with E-state index in [1.54, 1.807) is 59.7 Å². The van der Waals surface area contributed by atoms with Gasteiger partial charge in [-0.2, -0.15) is 0 Å². The first kappa shape index (κ1) is 23.6. The molecule has 0 aliphatic carbocycles. The molecule has 2 aliphatic rings. The predicted molar refractivity (Wildman–Crippen MR) is 137 cm³/mol. The number of nitrogens with zero attached hydrogens (tertiary/aromatic N) is 2. The summed E-state index contributed by atoms with van der Waals surface area (Å²) < 4.78 is 20.0. The molecule has 2 heterocycles.